The van der Waals surface area contributed by atoms with E-state index in [1.807, 2.05) is 38.6 Å². The Bertz CT molecular complexity index is 528. The van der Waals surface area contributed by atoms with Gasteiger partial charge < -0.3 is 10.2 Å². The second-order valence-corrected chi connectivity index (χ2v) is 4.28. The third-order valence-electron chi connectivity index (χ3n) is 2.71. The van der Waals surface area contributed by atoms with Crippen molar-refractivity contribution < 1.29 is 0 Å². The van der Waals surface area contributed by atoms with Crippen LogP contribution in [0.25, 0.3) is 6.20 Å². The van der Waals surface area contributed by atoms with Crippen molar-refractivity contribution in [3.63, 3.8) is 0 Å². The molecule has 2 aromatic rings. The molecule has 0 fully saturated rings. The van der Waals surface area contributed by atoms with Crippen LogP contribution < -0.4 is 10.2 Å². The molecule has 0 atom stereocenters. The third-order valence-corrected chi connectivity index (χ3v) is 2.71. The zero-order valence-electron chi connectivity index (χ0n) is 10.8. The molecular weight excluding hydrogens is 224 g/mol. The third kappa shape index (κ3) is 2.71. The molecule has 0 bridgehead atoms. The lowest BCUT2D eigenvalue weighted by atomic mass is 10.2. The first-order valence-electron chi connectivity index (χ1n) is 5.86. The van der Waals surface area contributed by atoms with Crippen molar-refractivity contribution in [2.24, 2.45) is 0 Å². The van der Waals surface area contributed by atoms with Gasteiger partial charge in [0.25, 0.3) is 0 Å². The topological polar surface area (TPSA) is 33.1 Å². The summed E-state index contributed by atoms with van der Waals surface area (Å²) >= 11 is 0. The summed E-state index contributed by atoms with van der Waals surface area (Å²) in [7, 11) is 4.08. The maximum atomic E-state index is 4.15. The zero-order valence-corrected chi connectivity index (χ0v) is 10.8. The van der Waals surface area contributed by atoms with Gasteiger partial charge in [-0.2, -0.15) is 5.10 Å². The lowest BCUT2D eigenvalue weighted by molar-refractivity contribution is 0.936. The molecule has 0 radical (unpaired) electrons. The molecule has 1 N–H and O–H groups in total. The minimum Gasteiger partial charge on any atom is -0.379 e. The smallest absolute Gasteiger partial charge is 0.0596 e. The van der Waals surface area contributed by atoms with E-state index in [2.05, 4.69) is 34.0 Å². The maximum absolute atomic E-state index is 4.15. The summed E-state index contributed by atoms with van der Waals surface area (Å²) in [6.45, 7) is 4.42. The molecule has 0 amide bonds. The Morgan fingerprint density at radius 3 is 2.83 bits per heavy atom. The quantitative estimate of drug-likeness (QED) is 0.875. The van der Waals surface area contributed by atoms with E-state index in [-0.39, 0.29) is 0 Å². The van der Waals surface area contributed by atoms with Crippen molar-refractivity contribution in [2.45, 2.75) is 6.54 Å². The van der Waals surface area contributed by atoms with E-state index in [0.29, 0.717) is 0 Å². The summed E-state index contributed by atoms with van der Waals surface area (Å²) in [5.41, 5.74) is 3.42. The van der Waals surface area contributed by atoms with E-state index in [0.717, 1.165) is 17.8 Å². The van der Waals surface area contributed by atoms with Crippen LogP contribution in [0.3, 0.4) is 0 Å². The van der Waals surface area contributed by atoms with Gasteiger partial charge in [-0.05, 0) is 12.1 Å². The summed E-state index contributed by atoms with van der Waals surface area (Å²) in [6, 6.07) is 8.24. The molecule has 0 saturated heterocycles. The highest BCUT2D eigenvalue weighted by Crippen LogP contribution is 2.23. The fraction of sp³-hybridized carbons (Fsp3) is 0.214. The van der Waals surface area contributed by atoms with Gasteiger partial charge in [-0.3, -0.25) is 0 Å². The van der Waals surface area contributed by atoms with Crippen LogP contribution in [0.1, 0.15) is 5.56 Å². The van der Waals surface area contributed by atoms with Crippen LogP contribution in [0.2, 0.25) is 0 Å². The van der Waals surface area contributed by atoms with Gasteiger partial charge in [0.15, 0.2) is 0 Å². The Morgan fingerprint density at radius 1 is 1.39 bits per heavy atom. The first-order chi connectivity index (χ1) is 8.70. The van der Waals surface area contributed by atoms with E-state index in [1.165, 1.54) is 5.69 Å². The molecule has 0 unspecified atom stereocenters. The SMILES string of the molecule is C=Cn1cc(CNc2ccccc2N(C)C)cn1. The fourth-order valence-electron chi connectivity index (χ4n) is 1.78. The van der Waals surface area contributed by atoms with Crippen molar-refractivity contribution in [1.29, 1.82) is 0 Å². The van der Waals surface area contributed by atoms with Crippen LogP contribution in [0.15, 0.2) is 43.2 Å². The Balaban J connectivity index is 2.08. The molecule has 18 heavy (non-hydrogen) atoms. The minimum absolute atomic E-state index is 0.749. The average molecular weight is 242 g/mol. The summed E-state index contributed by atoms with van der Waals surface area (Å²) in [5.74, 6) is 0. The molecule has 0 spiro atoms. The van der Waals surface area contributed by atoms with Gasteiger partial charge in [-0.15, -0.1) is 0 Å². The van der Waals surface area contributed by atoms with Crippen molar-refractivity contribution in [2.75, 3.05) is 24.3 Å². The molecule has 0 aliphatic rings. The molecule has 4 nitrogen and oxygen atoms in total. The summed E-state index contributed by atoms with van der Waals surface area (Å²) in [4.78, 5) is 2.09. The normalized spacial score (nSPS) is 10.1. The highest BCUT2D eigenvalue weighted by Gasteiger charge is 2.03. The average Bonchev–Trinajstić information content (AvgIpc) is 2.84. The van der Waals surface area contributed by atoms with Crippen LogP contribution in [-0.4, -0.2) is 23.9 Å². The molecule has 1 aromatic heterocycles. The number of rotatable bonds is 5. The van der Waals surface area contributed by atoms with E-state index >= 15 is 0 Å². The molecule has 0 aliphatic heterocycles. The summed E-state index contributed by atoms with van der Waals surface area (Å²) in [6.07, 6.45) is 5.47. The monoisotopic (exact) mass is 242 g/mol. The largest absolute Gasteiger partial charge is 0.379 e. The van der Waals surface area contributed by atoms with Gasteiger partial charge >= 0.3 is 0 Å². The van der Waals surface area contributed by atoms with Gasteiger partial charge in [0.1, 0.15) is 0 Å². The number of anilines is 2. The number of aromatic nitrogens is 2. The molecular formula is C14H18N4. The number of nitrogens with zero attached hydrogens (tertiary/aromatic N) is 3. The second kappa shape index (κ2) is 5.40. The second-order valence-electron chi connectivity index (χ2n) is 4.28. The highest BCUT2D eigenvalue weighted by molar-refractivity contribution is 5.69. The molecule has 2 rings (SSSR count). The maximum Gasteiger partial charge on any atom is 0.0596 e. The van der Waals surface area contributed by atoms with Crippen molar-refractivity contribution in [1.82, 2.24) is 9.78 Å². The Morgan fingerprint density at radius 2 is 2.17 bits per heavy atom. The molecule has 94 valence electrons. The van der Waals surface area contributed by atoms with Crippen molar-refractivity contribution >= 4 is 17.6 Å². The predicted octanol–water partition coefficient (Wildman–Crippen LogP) is 2.66. The minimum atomic E-state index is 0.749. The van der Waals surface area contributed by atoms with Gasteiger partial charge in [0.2, 0.25) is 0 Å². The predicted molar refractivity (Wildman–Crippen MR) is 76.7 cm³/mol. The van der Waals surface area contributed by atoms with E-state index < -0.39 is 0 Å². The van der Waals surface area contributed by atoms with Crippen LogP contribution in [0.4, 0.5) is 11.4 Å². The lowest BCUT2D eigenvalue weighted by Gasteiger charge is -2.18. The number of nitrogens with one attached hydrogen (secondary N) is 1. The van der Waals surface area contributed by atoms with Gasteiger partial charge in [-0.25, -0.2) is 4.68 Å². The van der Waals surface area contributed by atoms with E-state index in [9.17, 15) is 0 Å². The van der Waals surface area contributed by atoms with E-state index in [1.54, 1.807) is 10.9 Å². The number of hydrogen-bond donors (Lipinski definition) is 1. The van der Waals surface area contributed by atoms with E-state index in [4.69, 9.17) is 0 Å². The Labute approximate surface area is 108 Å². The first-order valence-corrected chi connectivity index (χ1v) is 5.86. The molecule has 1 aromatic carbocycles. The van der Waals surface area contributed by atoms with Crippen LogP contribution in [-0.2, 0) is 6.54 Å². The van der Waals surface area contributed by atoms with Crippen molar-refractivity contribution in [3.8, 4) is 0 Å². The lowest BCUT2D eigenvalue weighted by Crippen LogP contribution is -2.11. The first kappa shape index (κ1) is 12.2. The van der Waals surface area contributed by atoms with Crippen LogP contribution in [0.5, 0.6) is 0 Å². The van der Waals surface area contributed by atoms with Gasteiger partial charge in [0, 0.05) is 38.6 Å². The standard InChI is InChI=1S/C14H18N4/c1-4-18-11-12(10-16-18)9-15-13-7-5-6-8-14(13)17(2)3/h4-8,10-11,15H,1,9H2,2-3H3. The molecule has 1 heterocycles. The Kier molecular flexibility index (Phi) is 3.67. The molecule has 0 aliphatic carbocycles. The molecule has 0 saturated carbocycles. The Hall–Kier alpha value is -2.23. The highest BCUT2D eigenvalue weighted by atomic mass is 15.2. The summed E-state index contributed by atoms with van der Waals surface area (Å²) < 4.78 is 1.70. The summed E-state index contributed by atoms with van der Waals surface area (Å²) in [5, 5.41) is 7.57. The van der Waals surface area contributed by atoms with Gasteiger partial charge in [0.05, 0.1) is 17.6 Å². The number of hydrogen-bond acceptors (Lipinski definition) is 3. The molecule has 4 heteroatoms. The van der Waals surface area contributed by atoms with Crippen LogP contribution in [0, 0.1) is 0 Å². The fourth-order valence-corrected chi connectivity index (χ4v) is 1.78. The number of benzene rings is 1. The zero-order chi connectivity index (χ0) is 13.0. The van der Waals surface area contributed by atoms with Crippen molar-refractivity contribution in [3.05, 3.63) is 48.8 Å². The van der Waals surface area contributed by atoms with Gasteiger partial charge in [-0.1, -0.05) is 18.7 Å². The number of para-hydroxylation sites is 2. The van der Waals surface area contributed by atoms with Crippen LogP contribution >= 0.6 is 0 Å².